The van der Waals surface area contributed by atoms with E-state index in [2.05, 4.69) is 37.2 Å². The zero-order valence-corrected chi connectivity index (χ0v) is 28.9. The zero-order valence-electron chi connectivity index (χ0n) is 14.4. The van der Waals surface area contributed by atoms with Gasteiger partial charge in [-0.1, -0.05) is 55.4 Å². The van der Waals surface area contributed by atoms with E-state index in [1.54, 1.807) is 5.96 Å². The molecule has 0 aromatic heterocycles. The van der Waals surface area contributed by atoms with Crippen LogP contribution in [0, 0.1) is 0 Å². The Labute approximate surface area is 258 Å². The average Bonchev–Trinajstić information content (AvgIpc) is 2.33. The van der Waals surface area contributed by atoms with Gasteiger partial charge < -0.3 is 23.3 Å². The van der Waals surface area contributed by atoms with Crippen LogP contribution in [0.2, 0.25) is 0 Å². The molecule has 124 valence electrons. The van der Waals surface area contributed by atoms with Gasteiger partial charge in [0.15, 0.2) is 0 Å². The van der Waals surface area contributed by atoms with Gasteiger partial charge in [-0.3, -0.25) is 0 Å². The molecule has 0 aliphatic rings. The Kier molecular flexibility index (Phi) is 1940. The topological polar surface area (TPSA) is 64.1 Å². The molecule has 0 aliphatic carbocycles. The maximum Gasteiger partial charge on any atom is 1.00 e. The molecule has 0 saturated carbocycles. The summed E-state index contributed by atoms with van der Waals surface area (Å²) < 4.78 is 9.25. The van der Waals surface area contributed by atoms with Crippen LogP contribution >= 0.6 is 73.6 Å². The molecule has 0 aliphatic heterocycles. The fourth-order valence-electron chi connectivity index (χ4n) is 0. The van der Waals surface area contributed by atoms with Gasteiger partial charge in [0.05, 0.1) is 0 Å². The first-order valence-electron chi connectivity index (χ1n) is 4.41. The van der Waals surface area contributed by atoms with Gasteiger partial charge in [0.2, 0.25) is 0 Å². The fourth-order valence-corrected chi connectivity index (χ4v) is 0. The minimum Gasteiger partial charge on any atom is -1.00 e. The van der Waals surface area contributed by atoms with Crippen LogP contribution in [0.15, 0.2) is 0 Å². The van der Waals surface area contributed by atoms with Gasteiger partial charge in [-0.2, -0.15) is 5.96 Å². The third-order valence-corrected chi connectivity index (χ3v) is 0. The summed E-state index contributed by atoms with van der Waals surface area (Å²) in [5.41, 5.74) is 0. The molecule has 0 saturated heterocycles. The Morgan fingerprint density at radius 1 is 0.684 bits per heavy atom. The van der Waals surface area contributed by atoms with Crippen LogP contribution in [-0.4, -0.2) is 0 Å². The first kappa shape index (κ1) is 101. The van der Waals surface area contributed by atoms with E-state index in [-0.39, 0.29) is 162 Å². The third-order valence-electron chi connectivity index (χ3n) is 0. The van der Waals surface area contributed by atoms with Crippen molar-refractivity contribution in [3.05, 3.63) is 0 Å². The van der Waals surface area contributed by atoms with E-state index in [1.165, 1.54) is 0 Å². The van der Waals surface area contributed by atoms with Gasteiger partial charge in [0.1, 0.15) is 0 Å². The summed E-state index contributed by atoms with van der Waals surface area (Å²) in [6.07, 6.45) is 0. The molecule has 7 N–H and O–H groups in total. The quantitative estimate of drug-likeness (QED) is 0.143. The second-order valence-electron chi connectivity index (χ2n) is 0. The first-order valence-corrected chi connectivity index (χ1v) is 10.7. The minimum atomic E-state index is 0. The van der Waals surface area contributed by atoms with Gasteiger partial charge in [0.25, 0.3) is 0 Å². The monoisotopic (exact) mass is 724 g/mol. The third kappa shape index (κ3) is 335. The van der Waals surface area contributed by atoms with Crippen molar-refractivity contribution < 1.29 is 130 Å². The zero-order chi connectivity index (χ0) is 12.0. The molecule has 0 atom stereocenters. The Balaban J connectivity index is -0.00000000193. The fraction of sp³-hybridized carbons (Fsp3) is 1.00. The van der Waals surface area contributed by atoms with E-state index < -0.39 is 0 Å². The first-order chi connectivity index (χ1) is 6.00. The second kappa shape index (κ2) is 366. The summed E-state index contributed by atoms with van der Waals surface area (Å²) in [6, 6.07) is 0. The molecule has 0 rings (SSSR count). The van der Waals surface area contributed by atoms with Crippen LogP contribution in [0.5, 0.6) is 0 Å². The molecule has 0 spiro atoms. The Bertz CT molecular complexity index is 44.0. The number of hydrogen-bond acceptors (Lipinski definition) is 0. The van der Waals surface area contributed by atoms with Gasteiger partial charge in [-0.25, -0.2) is 0 Å². The standard InChI is InChI=1S/4C2H6.2ClH.FH3N.FH.I2.HI.2K.H3N/c4*1-2;;;1-2;;1-2;;;;/h4*1-2H3;2*1H;2H3;1H;;1H;;;1H3/q;;;;;;+1;;;;2*+1;/p-1. The van der Waals surface area contributed by atoms with Crippen molar-refractivity contribution in [1.82, 2.24) is 6.15 Å². The average molecular weight is 725 g/mol. The van der Waals surface area contributed by atoms with Crippen molar-refractivity contribution in [3.63, 3.8) is 0 Å². The van der Waals surface area contributed by atoms with E-state index in [0.717, 1.165) is 0 Å². The minimum absolute atomic E-state index is 0. The van der Waals surface area contributed by atoms with E-state index in [9.17, 15) is 4.48 Å². The summed E-state index contributed by atoms with van der Waals surface area (Å²) >= 11 is 4.24. The predicted molar refractivity (Wildman–Crippen MR) is 106 cm³/mol. The number of halogens is 7. The SMILES string of the molecule is CC.CC.CC.CC.Cl.I.II.[Cl-].[F-].[K+].[K+].[NH3+]F.[NH4+]. The molecule has 0 amide bonds. The molecule has 0 radical (unpaired) electrons. The van der Waals surface area contributed by atoms with E-state index >= 15 is 0 Å². The smallest absolute Gasteiger partial charge is 1.00 e. The summed E-state index contributed by atoms with van der Waals surface area (Å²) in [7, 11) is 0. The van der Waals surface area contributed by atoms with Crippen molar-refractivity contribution in [2.75, 3.05) is 0 Å². The van der Waals surface area contributed by atoms with Crippen molar-refractivity contribution in [2.24, 2.45) is 0 Å². The van der Waals surface area contributed by atoms with Crippen LogP contribution in [0.3, 0.4) is 0 Å². The second-order valence-corrected chi connectivity index (χ2v) is 0. The Morgan fingerprint density at radius 3 is 0.684 bits per heavy atom. The largest absolute Gasteiger partial charge is 1.00 e. The van der Waals surface area contributed by atoms with Crippen LogP contribution in [0.4, 0.5) is 4.48 Å². The molecule has 0 fully saturated rings. The summed E-state index contributed by atoms with van der Waals surface area (Å²) in [5.74, 6) is 1.75. The normalized spacial score (nSPS) is 1.89. The molecule has 11 heteroatoms. The molecular formula is C8H33Cl2F2I3K2N2+2. The van der Waals surface area contributed by atoms with Crippen molar-refractivity contribution in [2.45, 2.75) is 55.4 Å². The predicted octanol–water partition coefficient (Wildman–Crippen LogP) is -5.58. The molecule has 0 aromatic rings. The van der Waals surface area contributed by atoms with Crippen LogP contribution < -0.4 is 132 Å². The summed E-state index contributed by atoms with van der Waals surface area (Å²) in [4.78, 5) is 0. The molecular weight excluding hydrogens is 692 g/mol. The van der Waals surface area contributed by atoms with Gasteiger partial charge in [-0.15, -0.1) is 36.4 Å². The molecule has 0 bridgehead atoms. The van der Waals surface area contributed by atoms with E-state index in [4.69, 9.17) is 0 Å². The Morgan fingerprint density at radius 2 is 0.684 bits per heavy atom. The maximum absolute atomic E-state index is 9.25. The van der Waals surface area contributed by atoms with E-state index in [0.29, 0.717) is 0 Å². The maximum atomic E-state index is 9.25. The Hall–Kier alpha value is 5.82. The molecule has 2 nitrogen and oxygen atoms in total. The van der Waals surface area contributed by atoms with Crippen molar-refractivity contribution in [3.8, 4) is 0 Å². The van der Waals surface area contributed by atoms with Gasteiger partial charge in [0, 0.05) is 37.2 Å². The van der Waals surface area contributed by atoms with Crippen LogP contribution in [0.1, 0.15) is 55.4 Å². The molecule has 0 heterocycles. The molecule has 0 aromatic carbocycles. The molecule has 19 heavy (non-hydrogen) atoms. The van der Waals surface area contributed by atoms with Crippen LogP contribution in [-0.2, 0) is 0 Å². The van der Waals surface area contributed by atoms with Crippen molar-refractivity contribution in [1.29, 1.82) is 0 Å². The molecule has 0 unspecified atom stereocenters. The van der Waals surface area contributed by atoms with Crippen molar-refractivity contribution >= 4 is 73.6 Å². The van der Waals surface area contributed by atoms with Crippen LogP contribution in [0.25, 0.3) is 0 Å². The number of rotatable bonds is 0. The number of hydrogen-bond donors (Lipinski definition) is 2. The van der Waals surface area contributed by atoms with E-state index in [1.807, 2.05) is 55.4 Å². The summed E-state index contributed by atoms with van der Waals surface area (Å²) in [5, 5.41) is 0. The number of quaternary nitrogens is 2. The van der Waals surface area contributed by atoms with Gasteiger partial charge in [-0.05, 0) is 4.48 Å². The van der Waals surface area contributed by atoms with Gasteiger partial charge >= 0.3 is 103 Å². The summed E-state index contributed by atoms with van der Waals surface area (Å²) in [6.45, 7) is 16.0.